The summed E-state index contributed by atoms with van der Waals surface area (Å²) in [6.45, 7) is 6.02. The van der Waals surface area contributed by atoms with Crippen LogP contribution in [0.3, 0.4) is 0 Å². The number of hydrogen-bond acceptors (Lipinski definition) is 8. The van der Waals surface area contributed by atoms with E-state index in [1.165, 1.54) is 6.92 Å². The Balaban J connectivity index is 1.94. The minimum atomic E-state index is -0.875. The third kappa shape index (κ3) is 10.4. The van der Waals surface area contributed by atoms with Crippen LogP contribution in [0.25, 0.3) is 0 Å². The molecular formula is C27H42N2O8. The number of methoxy groups -OCH3 is 2. The fourth-order valence-electron chi connectivity index (χ4n) is 4.48. The van der Waals surface area contributed by atoms with E-state index in [9.17, 15) is 14.4 Å². The van der Waals surface area contributed by atoms with Gasteiger partial charge in [0.15, 0.2) is 0 Å². The molecule has 1 aromatic carbocycles. The minimum Gasteiger partial charge on any atom is -0.462 e. The van der Waals surface area contributed by atoms with Gasteiger partial charge in [0.1, 0.15) is 12.6 Å². The van der Waals surface area contributed by atoms with Crippen LogP contribution in [-0.2, 0) is 44.5 Å². The van der Waals surface area contributed by atoms with E-state index < -0.39 is 24.0 Å². The molecule has 10 heteroatoms. The normalized spacial score (nSPS) is 17.7. The van der Waals surface area contributed by atoms with Crippen molar-refractivity contribution in [3.63, 3.8) is 0 Å². The van der Waals surface area contributed by atoms with Gasteiger partial charge in [0.25, 0.3) is 0 Å². The number of carbonyl (C=O) groups excluding carboxylic acids is 3. The van der Waals surface area contributed by atoms with Gasteiger partial charge in [-0.3, -0.25) is 9.59 Å². The SMILES string of the molecule is COCCOCCOCCOC(=O)[C@H](Cc1ccccc1)NC(=O)[C@H](C)[C@@H](OC)[C@@H]1CCCN1C(C)=O. The van der Waals surface area contributed by atoms with Crippen molar-refractivity contribution in [3.8, 4) is 0 Å². The molecule has 2 rings (SSSR count). The van der Waals surface area contributed by atoms with Gasteiger partial charge in [-0.05, 0) is 18.4 Å². The van der Waals surface area contributed by atoms with Crippen molar-refractivity contribution >= 4 is 17.8 Å². The first-order valence-electron chi connectivity index (χ1n) is 12.8. The van der Waals surface area contributed by atoms with Gasteiger partial charge in [-0.2, -0.15) is 0 Å². The Morgan fingerprint density at radius 1 is 1.00 bits per heavy atom. The van der Waals surface area contributed by atoms with E-state index in [0.29, 0.717) is 33.0 Å². The van der Waals surface area contributed by atoms with Gasteiger partial charge < -0.3 is 33.9 Å². The van der Waals surface area contributed by atoms with Gasteiger partial charge in [0, 0.05) is 34.1 Å². The van der Waals surface area contributed by atoms with E-state index in [1.54, 1.807) is 26.0 Å². The van der Waals surface area contributed by atoms with Crippen molar-refractivity contribution in [1.82, 2.24) is 10.2 Å². The van der Waals surface area contributed by atoms with Crippen molar-refractivity contribution < 1.29 is 38.1 Å². The highest BCUT2D eigenvalue weighted by atomic mass is 16.6. The van der Waals surface area contributed by atoms with Crippen LogP contribution < -0.4 is 5.32 Å². The number of esters is 1. The summed E-state index contributed by atoms with van der Waals surface area (Å²) >= 11 is 0. The van der Waals surface area contributed by atoms with Crippen LogP contribution in [0.5, 0.6) is 0 Å². The molecular weight excluding hydrogens is 480 g/mol. The molecule has 0 aromatic heterocycles. The Hall–Kier alpha value is -2.53. The molecule has 1 heterocycles. The molecule has 0 saturated carbocycles. The number of amides is 2. The molecule has 1 aliphatic heterocycles. The van der Waals surface area contributed by atoms with Crippen molar-refractivity contribution in [1.29, 1.82) is 0 Å². The highest BCUT2D eigenvalue weighted by Gasteiger charge is 2.39. The maximum absolute atomic E-state index is 13.3. The first-order valence-corrected chi connectivity index (χ1v) is 12.8. The van der Waals surface area contributed by atoms with Gasteiger partial charge in [-0.25, -0.2) is 4.79 Å². The maximum atomic E-state index is 13.3. The van der Waals surface area contributed by atoms with Crippen LogP contribution >= 0.6 is 0 Å². The monoisotopic (exact) mass is 522 g/mol. The number of nitrogens with zero attached hydrogens (tertiary/aromatic N) is 1. The first-order chi connectivity index (χ1) is 17.9. The zero-order valence-corrected chi connectivity index (χ0v) is 22.5. The summed E-state index contributed by atoms with van der Waals surface area (Å²) < 4.78 is 26.8. The molecule has 1 fully saturated rings. The van der Waals surface area contributed by atoms with Gasteiger partial charge in [-0.15, -0.1) is 0 Å². The maximum Gasteiger partial charge on any atom is 0.329 e. The summed E-state index contributed by atoms with van der Waals surface area (Å²) in [5.74, 6) is -1.48. The highest BCUT2D eigenvalue weighted by Crippen LogP contribution is 2.26. The Labute approximate surface area is 219 Å². The van der Waals surface area contributed by atoms with E-state index >= 15 is 0 Å². The summed E-state index contributed by atoms with van der Waals surface area (Å²) in [7, 11) is 3.15. The van der Waals surface area contributed by atoms with Crippen molar-refractivity contribution in [2.75, 3.05) is 60.4 Å². The third-order valence-electron chi connectivity index (χ3n) is 6.42. The summed E-state index contributed by atoms with van der Waals surface area (Å²) in [5.41, 5.74) is 0.892. The number of nitrogens with one attached hydrogen (secondary N) is 1. The molecule has 0 bridgehead atoms. The van der Waals surface area contributed by atoms with Crippen LogP contribution in [-0.4, -0.2) is 101 Å². The standard InChI is InChI=1S/C27H42N2O8/c1-20(25(34-4)24-11-8-12-29(24)21(2)30)26(31)28-23(19-22-9-6-5-7-10-22)27(32)37-18-17-36-16-15-35-14-13-33-3/h5-7,9-10,20,23-25H,8,11-19H2,1-4H3,(H,28,31)/t20-,23+,24+,25-/m1/s1. The van der Waals surface area contributed by atoms with E-state index in [2.05, 4.69) is 5.32 Å². The molecule has 10 nitrogen and oxygen atoms in total. The van der Waals surface area contributed by atoms with Crippen LogP contribution in [0.1, 0.15) is 32.3 Å². The summed E-state index contributed by atoms with van der Waals surface area (Å²) in [6, 6.07) is 8.37. The predicted octanol–water partition coefficient (Wildman–Crippen LogP) is 1.60. The number of rotatable bonds is 17. The summed E-state index contributed by atoms with van der Waals surface area (Å²) in [5, 5.41) is 2.86. The van der Waals surface area contributed by atoms with E-state index in [0.717, 1.165) is 18.4 Å². The van der Waals surface area contributed by atoms with Crippen molar-refractivity contribution in [3.05, 3.63) is 35.9 Å². The number of ether oxygens (including phenoxy) is 5. The zero-order chi connectivity index (χ0) is 27.0. The average Bonchev–Trinajstić information content (AvgIpc) is 3.38. The molecule has 37 heavy (non-hydrogen) atoms. The van der Waals surface area contributed by atoms with Gasteiger partial charge in [-0.1, -0.05) is 37.3 Å². The predicted molar refractivity (Wildman–Crippen MR) is 137 cm³/mol. The van der Waals surface area contributed by atoms with Crippen LogP contribution in [0, 0.1) is 5.92 Å². The Morgan fingerprint density at radius 2 is 1.65 bits per heavy atom. The van der Waals surface area contributed by atoms with Crippen LogP contribution in [0.2, 0.25) is 0 Å². The van der Waals surface area contributed by atoms with Crippen LogP contribution in [0.15, 0.2) is 30.3 Å². The molecule has 0 aliphatic carbocycles. The smallest absolute Gasteiger partial charge is 0.329 e. The average molecular weight is 523 g/mol. The Morgan fingerprint density at radius 3 is 2.27 bits per heavy atom. The number of hydrogen-bond donors (Lipinski definition) is 1. The molecule has 0 radical (unpaired) electrons. The van der Waals surface area contributed by atoms with Crippen molar-refractivity contribution in [2.45, 2.75) is 51.3 Å². The Bertz CT molecular complexity index is 822. The number of carbonyl (C=O) groups is 3. The molecule has 0 spiro atoms. The lowest BCUT2D eigenvalue weighted by Gasteiger charge is -2.33. The van der Waals surface area contributed by atoms with Gasteiger partial charge >= 0.3 is 5.97 Å². The van der Waals surface area contributed by atoms with Crippen molar-refractivity contribution in [2.24, 2.45) is 5.92 Å². The van der Waals surface area contributed by atoms with Crippen LogP contribution in [0.4, 0.5) is 0 Å². The third-order valence-corrected chi connectivity index (χ3v) is 6.42. The second-order valence-electron chi connectivity index (χ2n) is 9.05. The topological polar surface area (TPSA) is 113 Å². The fourth-order valence-corrected chi connectivity index (χ4v) is 4.48. The molecule has 1 aliphatic rings. The molecule has 0 unspecified atom stereocenters. The summed E-state index contributed by atoms with van der Waals surface area (Å²) in [6.07, 6.45) is 1.43. The largest absolute Gasteiger partial charge is 0.462 e. The molecule has 4 atom stereocenters. The molecule has 1 aromatic rings. The molecule has 1 N–H and O–H groups in total. The molecule has 1 saturated heterocycles. The lowest BCUT2D eigenvalue weighted by atomic mass is 9.94. The number of benzene rings is 1. The quantitative estimate of drug-likeness (QED) is 0.243. The minimum absolute atomic E-state index is 0.0357. The van der Waals surface area contributed by atoms with E-state index in [4.69, 9.17) is 23.7 Å². The second-order valence-corrected chi connectivity index (χ2v) is 9.05. The fraction of sp³-hybridized carbons (Fsp3) is 0.667. The highest BCUT2D eigenvalue weighted by molar-refractivity contribution is 5.86. The van der Waals surface area contributed by atoms with E-state index in [-0.39, 0.29) is 37.5 Å². The second kappa shape index (κ2) is 17.1. The van der Waals surface area contributed by atoms with Gasteiger partial charge in [0.05, 0.1) is 51.1 Å². The van der Waals surface area contributed by atoms with Gasteiger partial charge in [0.2, 0.25) is 11.8 Å². The summed E-state index contributed by atoms with van der Waals surface area (Å²) in [4.78, 5) is 40.0. The van der Waals surface area contributed by atoms with E-state index in [1.807, 2.05) is 30.3 Å². The first kappa shape index (κ1) is 30.7. The molecule has 208 valence electrons. The lowest BCUT2D eigenvalue weighted by molar-refractivity contribution is -0.150. The molecule has 2 amide bonds. The zero-order valence-electron chi connectivity index (χ0n) is 22.5. The lowest BCUT2D eigenvalue weighted by Crippen LogP contribution is -2.52. The number of likely N-dealkylation sites (tertiary alicyclic amines) is 1. The Kier molecular flexibility index (Phi) is 14.2.